The molecule has 0 fully saturated rings. The van der Waals surface area contributed by atoms with Crippen molar-refractivity contribution in [3.63, 3.8) is 0 Å². The quantitative estimate of drug-likeness (QED) is 0.907. The summed E-state index contributed by atoms with van der Waals surface area (Å²) >= 11 is 0. The van der Waals surface area contributed by atoms with Gasteiger partial charge in [-0.3, -0.25) is 4.79 Å². The van der Waals surface area contributed by atoms with Crippen LogP contribution in [0, 0.1) is 5.82 Å². The number of nitrogens with one attached hydrogen (secondary N) is 1. The summed E-state index contributed by atoms with van der Waals surface area (Å²) in [4.78, 5) is 12.1. The largest absolute Gasteiger partial charge is 0.390 e. The highest BCUT2D eigenvalue weighted by atomic mass is 19.1. The molecule has 0 aliphatic heterocycles. The summed E-state index contributed by atoms with van der Waals surface area (Å²) in [5.41, 5.74) is 2.78. The number of hydrogen-bond donors (Lipinski definition) is 2. The standard InChI is InChI=1S/C17H16FNO2/c18-13-7-5-11(6-8-13)9-16(21)19-17-14-4-2-1-3-12(14)10-15(17)20/h1-8,15,17,20H,9-10H2,(H,19,21). The Hall–Kier alpha value is -2.20. The predicted molar refractivity (Wildman–Crippen MR) is 77.1 cm³/mol. The highest BCUT2D eigenvalue weighted by molar-refractivity contribution is 5.79. The lowest BCUT2D eigenvalue weighted by atomic mass is 10.1. The molecule has 2 unspecified atom stereocenters. The van der Waals surface area contributed by atoms with E-state index in [2.05, 4.69) is 5.32 Å². The van der Waals surface area contributed by atoms with Gasteiger partial charge in [0.1, 0.15) is 5.82 Å². The summed E-state index contributed by atoms with van der Waals surface area (Å²) < 4.78 is 12.8. The molecule has 0 heterocycles. The van der Waals surface area contributed by atoms with E-state index < -0.39 is 6.10 Å². The first-order valence-electron chi connectivity index (χ1n) is 6.93. The Balaban J connectivity index is 1.69. The third kappa shape index (κ3) is 2.95. The molecule has 0 spiro atoms. The molecule has 0 bridgehead atoms. The third-order valence-electron chi connectivity index (χ3n) is 3.80. The van der Waals surface area contributed by atoms with Crippen LogP contribution in [0.25, 0.3) is 0 Å². The summed E-state index contributed by atoms with van der Waals surface area (Å²) in [5.74, 6) is -0.498. The maximum absolute atomic E-state index is 12.8. The fraction of sp³-hybridized carbons (Fsp3) is 0.235. The van der Waals surface area contributed by atoms with Crippen molar-refractivity contribution in [1.29, 1.82) is 0 Å². The molecule has 2 aromatic carbocycles. The molecule has 2 atom stereocenters. The predicted octanol–water partition coefficient (Wildman–Crippen LogP) is 2.14. The minimum Gasteiger partial charge on any atom is -0.390 e. The van der Waals surface area contributed by atoms with Gasteiger partial charge in [0.25, 0.3) is 0 Å². The molecule has 0 saturated heterocycles. The molecule has 0 saturated carbocycles. The Morgan fingerprint density at radius 2 is 1.90 bits per heavy atom. The van der Waals surface area contributed by atoms with Crippen LogP contribution >= 0.6 is 0 Å². The van der Waals surface area contributed by atoms with Crippen molar-refractivity contribution in [2.75, 3.05) is 0 Å². The molecule has 0 radical (unpaired) electrons. The van der Waals surface area contributed by atoms with Crippen molar-refractivity contribution in [1.82, 2.24) is 5.32 Å². The first-order chi connectivity index (χ1) is 10.1. The minimum atomic E-state index is -0.598. The molecule has 4 heteroatoms. The number of hydrogen-bond acceptors (Lipinski definition) is 2. The number of benzene rings is 2. The number of carbonyl (C=O) groups excluding carboxylic acids is 1. The summed E-state index contributed by atoms with van der Waals surface area (Å²) in [6.07, 6.45) is 0.128. The zero-order valence-corrected chi connectivity index (χ0v) is 11.4. The van der Waals surface area contributed by atoms with Gasteiger partial charge in [-0.2, -0.15) is 0 Å². The van der Waals surface area contributed by atoms with Crippen LogP contribution < -0.4 is 5.32 Å². The van der Waals surface area contributed by atoms with Crippen molar-refractivity contribution in [2.24, 2.45) is 0 Å². The fourth-order valence-electron chi connectivity index (χ4n) is 2.76. The number of fused-ring (bicyclic) bond motifs is 1. The maximum atomic E-state index is 12.8. The number of halogens is 1. The van der Waals surface area contributed by atoms with Crippen molar-refractivity contribution in [3.05, 3.63) is 71.0 Å². The van der Waals surface area contributed by atoms with E-state index >= 15 is 0 Å². The van der Waals surface area contributed by atoms with Crippen molar-refractivity contribution < 1.29 is 14.3 Å². The van der Waals surface area contributed by atoms with Crippen LogP contribution in [0.3, 0.4) is 0 Å². The Morgan fingerprint density at radius 3 is 2.67 bits per heavy atom. The Labute approximate surface area is 122 Å². The fourth-order valence-corrected chi connectivity index (χ4v) is 2.76. The molecular formula is C17H16FNO2. The molecule has 2 N–H and O–H groups in total. The molecule has 3 nitrogen and oxygen atoms in total. The first kappa shape index (κ1) is 13.8. The van der Waals surface area contributed by atoms with Gasteiger partial charge in [0, 0.05) is 6.42 Å². The highest BCUT2D eigenvalue weighted by Gasteiger charge is 2.31. The lowest BCUT2D eigenvalue weighted by Crippen LogP contribution is -2.34. The molecule has 1 aliphatic carbocycles. The van der Waals surface area contributed by atoms with E-state index in [0.29, 0.717) is 6.42 Å². The van der Waals surface area contributed by atoms with Crippen LogP contribution in [0.15, 0.2) is 48.5 Å². The van der Waals surface area contributed by atoms with E-state index in [1.807, 2.05) is 24.3 Å². The van der Waals surface area contributed by atoms with Gasteiger partial charge < -0.3 is 10.4 Å². The number of amides is 1. The van der Waals surface area contributed by atoms with E-state index in [1.54, 1.807) is 12.1 Å². The molecule has 1 amide bonds. The van der Waals surface area contributed by atoms with Gasteiger partial charge in [-0.15, -0.1) is 0 Å². The Bertz CT molecular complexity index is 654. The summed E-state index contributed by atoms with van der Waals surface area (Å²) in [6, 6.07) is 13.2. The smallest absolute Gasteiger partial charge is 0.224 e. The molecule has 3 rings (SSSR count). The first-order valence-corrected chi connectivity index (χ1v) is 6.93. The lowest BCUT2D eigenvalue weighted by Gasteiger charge is -2.18. The van der Waals surface area contributed by atoms with E-state index in [-0.39, 0.29) is 24.2 Å². The molecule has 108 valence electrons. The van der Waals surface area contributed by atoms with E-state index in [1.165, 1.54) is 12.1 Å². The van der Waals surface area contributed by atoms with Gasteiger partial charge in [0.15, 0.2) is 0 Å². The Morgan fingerprint density at radius 1 is 1.19 bits per heavy atom. The average Bonchev–Trinajstić information content (AvgIpc) is 2.78. The third-order valence-corrected chi connectivity index (χ3v) is 3.80. The van der Waals surface area contributed by atoms with E-state index in [0.717, 1.165) is 16.7 Å². The number of carbonyl (C=O) groups is 1. The second-order valence-corrected chi connectivity index (χ2v) is 5.32. The van der Waals surface area contributed by atoms with E-state index in [9.17, 15) is 14.3 Å². The van der Waals surface area contributed by atoms with Crippen LogP contribution in [-0.4, -0.2) is 17.1 Å². The maximum Gasteiger partial charge on any atom is 0.224 e. The second-order valence-electron chi connectivity index (χ2n) is 5.32. The van der Waals surface area contributed by atoms with Gasteiger partial charge >= 0.3 is 0 Å². The van der Waals surface area contributed by atoms with Gasteiger partial charge in [-0.25, -0.2) is 4.39 Å². The van der Waals surface area contributed by atoms with Crippen LogP contribution in [-0.2, 0) is 17.6 Å². The molecule has 21 heavy (non-hydrogen) atoms. The highest BCUT2D eigenvalue weighted by Crippen LogP contribution is 2.31. The monoisotopic (exact) mass is 285 g/mol. The topological polar surface area (TPSA) is 49.3 Å². The lowest BCUT2D eigenvalue weighted by molar-refractivity contribution is -0.121. The van der Waals surface area contributed by atoms with Crippen molar-refractivity contribution >= 4 is 5.91 Å². The zero-order valence-electron chi connectivity index (χ0n) is 11.4. The SMILES string of the molecule is O=C(Cc1ccc(F)cc1)NC1c2ccccc2CC1O. The second kappa shape index (κ2) is 5.66. The summed E-state index contributed by atoms with van der Waals surface area (Å²) in [7, 11) is 0. The molecule has 2 aromatic rings. The molecular weight excluding hydrogens is 269 g/mol. The van der Waals surface area contributed by atoms with Gasteiger partial charge in [0.2, 0.25) is 5.91 Å². The summed E-state index contributed by atoms with van der Waals surface area (Å²) in [6.45, 7) is 0. The zero-order chi connectivity index (χ0) is 14.8. The summed E-state index contributed by atoms with van der Waals surface area (Å²) in [5, 5.41) is 13.0. The normalized spacial score (nSPS) is 20.1. The molecule has 1 aliphatic rings. The van der Waals surface area contributed by atoms with Crippen molar-refractivity contribution in [3.8, 4) is 0 Å². The van der Waals surface area contributed by atoms with Crippen LogP contribution in [0.1, 0.15) is 22.7 Å². The molecule has 0 aromatic heterocycles. The van der Waals surface area contributed by atoms with E-state index in [4.69, 9.17) is 0 Å². The van der Waals surface area contributed by atoms with Gasteiger partial charge in [0.05, 0.1) is 18.6 Å². The van der Waals surface area contributed by atoms with Crippen LogP contribution in [0.5, 0.6) is 0 Å². The van der Waals surface area contributed by atoms with Gasteiger partial charge in [-0.05, 0) is 28.8 Å². The minimum absolute atomic E-state index is 0.172. The number of rotatable bonds is 3. The number of aliphatic hydroxyl groups excluding tert-OH is 1. The van der Waals surface area contributed by atoms with Crippen LogP contribution in [0.4, 0.5) is 4.39 Å². The van der Waals surface area contributed by atoms with Gasteiger partial charge in [-0.1, -0.05) is 36.4 Å². The van der Waals surface area contributed by atoms with Crippen molar-refractivity contribution in [2.45, 2.75) is 25.0 Å². The number of aliphatic hydroxyl groups is 1. The Kier molecular flexibility index (Phi) is 3.71. The van der Waals surface area contributed by atoms with Crippen LogP contribution in [0.2, 0.25) is 0 Å². The average molecular weight is 285 g/mol.